The molecule has 2 fully saturated rings. The Balaban J connectivity index is 1.42. The first-order chi connectivity index (χ1) is 16.1. The minimum Gasteiger partial charge on any atom is -0.488 e. The molecular formula is C21H22N10O2. The number of hydrogen-bond acceptors (Lipinski definition) is 12. The monoisotopic (exact) mass is 446 g/mol. The van der Waals surface area contributed by atoms with Gasteiger partial charge in [-0.3, -0.25) is 0 Å². The summed E-state index contributed by atoms with van der Waals surface area (Å²) in [5.74, 6) is 0.341. The number of aromatic nitrogens is 5. The second-order valence-corrected chi connectivity index (χ2v) is 8.16. The van der Waals surface area contributed by atoms with E-state index in [0.717, 1.165) is 25.7 Å². The molecule has 168 valence electrons. The van der Waals surface area contributed by atoms with Crippen molar-refractivity contribution in [2.75, 3.05) is 36.9 Å². The van der Waals surface area contributed by atoms with Gasteiger partial charge in [0.05, 0.1) is 36.4 Å². The number of hydrogen-bond donors (Lipinski definition) is 1. The largest absolute Gasteiger partial charge is 0.488 e. The van der Waals surface area contributed by atoms with Gasteiger partial charge in [0.2, 0.25) is 5.95 Å². The van der Waals surface area contributed by atoms with Gasteiger partial charge in [-0.1, -0.05) is 0 Å². The average molecular weight is 446 g/mol. The van der Waals surface area contributed by atoms with Crippen molar-refractivity contribution in [1.82, 2.24) is 24.9 Å². The van der Waals surface area contributed by atoms with Crippen LogP contribution in [0.4, 0.5) is 11.8 Å². The van der Waals surface area contributed by atoms with E-state index in [4.69, 9.17) is 15.2 Å². The Kier molecular flexibility index (Phi) is 6.32. The first kappa shape index (κ1) is 22.0. The van der Waals surface area contributed by atoms with Crippen LogP contribution >= 0.6 is 0 Å². The van der Waals surface area contributed by atoms with Gasteiger partial charge in [0.1, 0.15) is 12.9 Å². The molecule has 1 saturated heterocycles. The molecule has 2 N–H and O–H groups in total. The summed E-state index contributed by atoms with van der Waals surface area (Å²) in [4.78, 5) is 22.7. The second kappa shape index (κ2) is 9.49. The molecule has 2 aromatic heterocycles. The van der Waals surface area contributed by atoms with Crippen LogP contribution in [0.1, 0.15) is 37.4 Å². The highest BCUT2D eigenvalue weighted by molar-refractivity contribution is 5.42. The lowest BCUT2D eigenvalue weighted by atomic mass is 9.98. The molecule has 0 unspecified atom stereocenters. The van der Waals surface area contributed by atoms with Gasteiger partial charge in [-0.25, -0.2) is 9.97 Å². The Morgan fingerprint density at radius 2 is 1.88 bits per heavy atom. The lowest BCUT2D eigenvalue weighted by Crippen LogP contribution is -2.37. The Morgan fingerprint density at radius 1 is 1.12 bits per heavy atom. The molecule has 0 spiro atoms. The summed E-state index contributed by atoms with van der Waals surface area (Å²) in [7, 11) is 0. The van der Waals surface area contributed by atoms with Gasteiger partial charge in [0.15, 0.2) is 23.3 Å². The highest BCUT2D eigenvalue weighted by Gasteiger charge is 2.44. The van der Waals surface area contributed by atoms with Gasteiger partial charge >= 0.3 is 6.01 Å². The van der Waals surface area contributed by atoms with E-state index in [1.807, 2.05) is 17.0 Å². The van der Waals surface area contributed by atoms with Crippen molar-refractivity contribution < 1.29 is 9.47 Å². The van der Waals surface area contributed by atoms with E-state index in [1.54, 1.807) is 6.20 Å². The Hall–Kier alpha value is -4.24. The normalized spacial score (nSPS) is 17.0. The predicted octanol–water partition coefficient (Wildman–Crippen LogP) is 1.35. The van der Waals surface area contributed by atoms with Gasteiger partial charge in [0, 0.05) is 13.1 Å². The topological polar surface area (TPSA) is 184 Å². The summed E-state index contributed by atoms with van der Waals surface area (Å²) in [5, 5.41) is 27.8. The molecule has 1 aliphatic heterocycles. The van der Waals surface area contributed by atoms with Crippen LogP contribution < -0.4 is 20.1 Å². The smallest absolute Gasteiger partial charge is 0.321 e. The second-order valence-electron chi connectivity index (χ2n) is 8.16. The van der Waals surface area contributed by atoms with Crippen LogP contribution in [-0.4, -0.2) is 51.2 Å². The molecule has 1 aliphatic carbocycles. The molecule has 0 radical (unpaired) electrons. The number of rotatable bonds is 8. The fourth-order valence-electron chi connectivity index (χ4n) is 3.43. The minimum atomic E-state index is -1.13. The first-order valence-electron chi connectivity index (χ1n) is 10.6. The number of nitriles is 3. The van der Waals surface area contributed by atoms with Crippen molar-refractivity contribution in [3.63, 3.8) is 0 Å². The third-order valence-corrected chi connectivity index (χ3v) is 5.78. The summed E-state index contributed by atoms with van der Waals surface area (Å²) in [6, 6.07) is 6.05. The fraction of sp³-hybridized carbons (Fsp3) is 0.524. The van der Waals surface area contributed by atoms with E-state index in [2.05, 4.69) is 31.0 Å². The van der Waals surface area contributed by atoms with Crippen LogP contribution in [-0.2, 0) is 0 Å². The summed E-state index contributed by atoms with van der Waals surface area (Å²) < 4.78 is 11.4. The molecule has 2 aromatic rings. The number of piperidine rings is 1. The van der Waals surface area contributed by atoms with E-state index >= 15 is 0 Å². The molecule has 1 saturated carbocycles. The number of nitrogen functional groups attached to an aromatic ring is 1. The van der Waals surface area contributed by atoms with E-state index in [9.17, 15) is 15.8 Å². The Bertz CT molecular complexity index is 1110. The molecule has 2 aliphatic rings. The van der Waals surface area contributed by atoms with Crippen molar-refractivity contribution in [2.45, 2.75) is 31.6 Å². The number of ether oxygens (including phenoxy) is 2. The number of nitrogens with zero attached hydrogens (tertiary/aromatic N) is 9. The highest BCUT2D eigenvalue weighted by atomic mass is 16.5. The molecule has 33 heavy (non-hydrogen) atoms. The van der Waals surface area contributed by atoms with Crippen molar-refractivity contribution in [1.29, 1.82) is 15.8 Å². The predicted molar refractivity (Wildman–Crippen MR) is 113 cm³/mol. The SMILES string of the molecule is N#CC(C#N)c1nc(OCC2(C#N)CC2)nc(N2CCC(COc3cncnc3N)CC2)n1. The molecule has 0 amide bonds. The first-order valence-corrected chi connectivity index (χ1v) is 10.6. The molecule has 12 heteroatoms. The van der Waals surface area contributed by atoms with Gasteiger partial charge in [0.25, 0.3) is 0 Å². The zero-order chi connectivity index (χ0) is 23.3. The van der Waals surface area contributed by atoms with Crippen molar-refractivity contribution >= 4 is 11.8 Å². The van der Waals surface area contributed by atoms with E-state index in [-0.39, 0.29) is 18.4 Å². The molecule has 0 bridgehead atoms. The Morgan fingerprint density at radius 3 is 2.52 bits per heavy atom. The maximum absolute atomic E-state index is 9.28. The van der Waals surface area contributed by atoms with Gasteiger partial charge < -0.3 is 20.1 Å². The molecule has 12 nitrogen and oxygen atoms in total. The standard InChI is InChI=1S/C21H22N10O2/c22-7-15(8-23)18-28-19(30-20(29-18)33-12-21(11-24)3-4-21)31-5-1-14(2-6-31)10-32-16-9-26-13-27-17(16)25/h9,13-15H,1-6,10,12H2,(H2,25,26,27). The highest BCUT2D eigenvalue weighted by Crippen LogP contribution is 2.44. The van der Waals surface area contributed by atoms with Crippen molar-refractivity contribution in [3.05, 3.63) is 18.3 Å². The molecule has 0 aromatic carbocycles. The third-order valence-electron chi connectivity index (χ3n) is 5.78. The van der Waals surface area contributed by atoms with Crippen LogP contribution in [0, 0.1) is 45.3 Å². The third kappa shape index (κ3) is 5.16. The summed E-state index contributed by atoms with van der Waals surface area (Å²) in [6.07, 6.45) is 6.09. The van der Waals surface area contributed by atoms with Crippen LogP contribution in [0.25, 0.3) is 0 Å². The van der Waals surface area contributed by atoms with Crippen LogP contribution in [0.5, 0.6) is 11.8 Å². The fourth-order valence-corrected chi connectivity index (χ4v) is 3.43. The van der Waals surface area contributed by atoms with Crippen molar-refractivity contribution in [3.8, 4) is 30.0 Å². The molecular weight excluding hydrogens is 424 g/mol. The van der Waals surface area contributed by atoms with E-state index in [0.29, 0.717) is 43.1 Å². The lowest BCUT2D eigenvalue weighted by Gasteiger charge is -2.32. The summed E-state index contributed by atoms with van der Waals surface area (Å²) in [5.41, 5.74) is 5.29. The zero-order valence-electron chi connectivity index (χ0n) is 17.9. The number of nitrogens with two attached hydrogens (primary N) is 1. The molecule has 4 rings (SSSR count). The van der Waals surface area contributed by atoms with Gasteiger partial charge in [-0.05, 0) is 31.6 Å². The van der Waals surface area contributed by atoms with E-state index < -0.39 is 11.3 Å². The average Bonchev–Trinajstić information content (AvgIpc) is 3.64. The van der Waals surface area contributed by atoms with Crippen LogP contribution in [0.2, 0.25) is 0 Å². The number of anilines is 2. The van der Waals surface area contributed by atoms with Gasteiger partial charge in [-0.15, -0.1) is 0 Å². The molecule has 0 atom stereocenters. The quantitative estimate of drug-likeness (QED) is 0.615. The van der Waals surface area contributed by atoms with Crippen LogP contribution in [0.3, 0.4) is 0 Å². The van der Waals surface area contributed by atoms with Crippen LogP contribution in [0.15, 0.2) is 12.5 Å². The minimum absolute atomic E-state index is 0.0250. The molecule has 3 heterocycles. The lowest BCUT2D eigenvalue weighted by molar-refractivity contribution is 0.221. The summed E-state index contributed by atoms with van der Waals surface area (Å²) in [6.45, 7) is 1.97. The van der Waals surface area contributed by atoms with E-state index in [1.165, 1.54) is 6.33 Å². The summed E-state index contributed by atoms with van der Waals surface area (Å²) >= 11 is 0. The van der Waals surface area contributed by atoms with Gasteiger partial charge in [-0.2, -0.15) is 30.7 Å². The maximum atomic E-state index is 9.28. The van der Waals surface area contributed by atoms with Crippen molar-refractivity contribution in [2.24, 2.45) is 11.3 Å². The Labute approximate surface area is 190 Å². The zero-order valence-corrected chi connectivity index (χ0v) is 17.9. The maximum Gasteiger partial charge on any atom is 0.321 e.